The van der Waals surface area contributed by atoms with Crippen molar-refractivity contribution in [3.8, 4) is 0 Å². The fourth-order valence-electron chi connectivity index (χ4n) is 9.88. The van der Waals surface area contributed by atoms with Crippen LogP contribution in [0.2, 0.25) is 0 Å². The van der Waals surface area contributed by atoms with Crippen molar-refractivity contribution < 1.29 is 33.3 Å². The first-order valence-corrected chi connectivity index (χ1v) is 16.0. The van der Waals surface area contributed by atoms with Crippen molar-refractivity contribution in [2.45, 2.75) is 126 Å². The van der Waals surface area contributed by atoms with Gasteiger partial charge in [0.05, 0.1) is 42.5 Å². The number of methoxy groups -OCH3 is 4. The van der Waals surface area contributed by atoms with E-state index in [2.05, 4.69) is 15.5 Å². The van der Waals surface area contributed by atoms with Crippen LogP contribution in [0.4, 0.5) is 0 Å². The summed E-state index contributed by atoms with van der Waals surface area (Å²) in [5.74, 6) is 1.25. The number of hydrogen-bond donors (Lipinski definition) is 2. The van der Waals surface area contributed by atoms with Crippen molar-refractivity contribution in [1.82, 2.24) is 15.5 Å². The molecule has 0 aromatic rings. The molecule has 6 fully saturated rings. The number of carbonyl (C=O) groups excluding carboxylic acids is 2. The van der Waals surface area contributed by atoms with E-state index in [4.69, 9.17) is 23.7 Å². The van der Waals surface area contributed by atoms with Gasteiger partial charge >= 0.3 is 0 Å². The molecule has 3 saturated heterocycles. The van der Waals surface area contributed by atoms with Gasteiger partial charge in [0.15, 0.2) is 0 Å². The van der Waals surface area contributed by atoms with Crippen LogP contribution in [0.1, 0.15) is 64.7 Å². The molecule has 41 heavy (non-hydrogen) atoms. The lowest BCUT2D eigenvalue weighted by Gasteiger charge is -2.55. The van der Waals surface area contributed by atoms with Gasteiger partial charge in [0, 0.05) is 46.6 Å². The van der Waals surface area contributed by atoms with Crippen molar-refractivity contribution in [3.63, 3.8) is 0 Å². The number of hydrogen-bond acceptors (Lipinski definition) is 8. The van der Waals surface area contributed by atoms with Crippen LogP contribution in [0.25, 0.3) is 0 Å². The van der Waals surface area contributed by atoms with Gasteiger partial charge in [-0.25, -0.2) is 0 Å². The van der Waals surface area contributed by atoms with Crippen molar-refractivity contribution in [2.75, 3.05) is 35.0 Å². The quantitative estimate of drug-likeness (QED) is 0.451. The van der Waals surface area contributed by atoms with Gasteiger partial charge in [-0.2, -0.15) is 0 Å². The van der Waals surface area contributed by atoms with E-state index in [1.54, 1.807) is 28.4 Å². The summed E-state index contributed by atoms with van der Waals surface area (Å²) in [5, 5.41) is 7.06. The molecular formula is C31H51N3O7. The van der Waals surface area contributed by atoms with Crippen molar-refractivity contribution in [2.24, 2.45) is 23.7 Å². The smallest absolute Gasteiger partial charge is 0.249 e. The summed E-state index contributed by atoms with van der Waals surface area (Å²) in [7, 11) is 6.88. The first kappa shape index (κ1) is 29.8. The van der Waals surface area contributed by atoms with Crippen LogP contribution in [-0.2, 0) is 33.3 Å². The van der Waals surface area contributed by atoms with Gasteiger partial charge in [-0.05, 0) is 89.0 Å². The monoisotopic (exact) mass is 577 g/mol. The number of fused-ring (bicyclic) bond motifs is 5. The van der Waals surface area contributed by atoms with Crippen LogP contribution in [0.3, 0.4) is 0 Å². The van der Waals surface area contributed by atoms with E-state index in [9.17, 15) is 9.59 Å². The molecule has 10 heteroatoms. The van der Waals surface area contributed by atoms with Crippen molar-refractivity contribution >= 4 is 11.8 Å². The molecule has 232 valence electrons. The maximum Gasteiger partial charge on any atom is 0.249 e. The second kappa shape index (κ2) is 12.4. The largest absolute Gasteiger partial charge is 0.379 e. The van der Waals surface area contributed by atoms with Crippen molar-refractivity contribution in [3.05, 3.63) is 0 Å². The van der Waals surface area contributed by atoms with E-state index in [1.807, 2.05) is 6.92 Å². The third kappa shape index (κ3) is 5.24. The van der Waals surface area contributed by atoms with Gasteiger partial charge in [-0.3, -0.25) is 9.59 Å². The summed E-state index contributed by atoms with van der Waals surface area (Å²) in [5.41, 5.74) is 0. The molecule has 0 aromatic carbocycles. The summed E-state index contributed by atoms with van der Waals surface area (Å²) in [6.45, 7) is 2.86. The first-order valence-electron chi connectivity index (χ1n) is 16.0. The predicted molar refractivity (Wildman–Crippen MR) is 151 cm³/mol. The number of nitrogens with one attached hydrogen (secondary N) is 2. The van der Waals surface area contributed by atoms with E-state index >= 15 is 0 Å². The average Bonchev–Trinajstić information content (AvgIpc) is 3.33. The number of ether oxygens (including phenoxy) is 5. The molecule has 3 heterocycles. The topological polar surface area (TPSA) is 108 Å². The third-order valence-electron chi connectivity index (χ3n) is 11.7. The molecule has 6 rings (SSSR count). The molecule has 0 aromatic heterocycles. The minimum absolute atomic E-state index is 0.00801. The highest BCUT2D eigenvalue weighted by Gasteiger charge is 2.64. The summed E-state index contributed by atoms with van der Waals surface area (Å²) in [6.07, 6.45) is 7.57. The molecule has 10 nitrogen and oxygen atoms in total. The van der Waals surface area contributed by atoms with Crippen LogP contribution in [0.15, 0.2) is 0 Å². The first-order chi connectivity index (χ1) is 19.9. The molecular weight excluding hydrogens is 526 g/mol. The number of nitrogens with zero attached hydrogens (tertiary/aromatic N) is 1. The minimum Gasteiger partial charge on any atom is -0.379 e. The fourth-order valence-corrected chi connectivity index (χ4v) is 9.88. The molecule has 14 atom stereocenters. The second-order valence-electron chi connectivity index (χ2n) is 13.4. The zero-order chi connectivity index (χ0) is 28.8. The maximum absolute atomic E-state index is 14.2. The fraction of sp³-hybridized carbons (Fsp3) is 0.935. The Balaban J connectivity index is 1.10. The number of piperidine rings is 2. The van der Waals surface area contributed by atoms with Crippen LogP contribution in [0.5, 0.6) is 0 Å². The van der Waals surface area contributed by atoms with Gasteiger partial charge in [-0.15, -0.1) is 0 Å². The maximum atomic E-state index is 14.2. The summed E-state index contributed by atoms with van der Waals surface area (Å²) in [6, 6.07) is 0.874. The van der Waals surface area contributed by atoms with E-state index in [0.29, 0.717) is 17.9 Å². The third-order valence-corrected chi connectivity index (χ3v) is 11.7. The molecule has 14 unspecified atom stereocenters. The number of rotatable bonds is 8. The Morgan fingerprint density at radius 1 is 0.854 bits per heavy atom. The zero-order valence-electron chi connectivity index (χ0n) is 25.5. The molecule has 3 aliphatic carbocycles. The molecule has 3 saturated carbocycles. The van der Waals surface area contributed by atoms with Crippen LogP contribution >= 0.6 is 0 Å². The lowest BCUT2D eigenvalue weighted by Crippen LogP contribution is -2.70. The summed E-state index contributed by atoms with van der Waals surface area (Å²) >= 11 is 0. The van der Waals surface area contributed by atoms with Crippen molar-refractivity contribution in [1.29, 1.82) is 0 Å². The summed E-state index contributed by atoms with van der Waals surface area (Å²) < 4.78 is 29.3. The lowest BCUT2D eigenvalue weighted by molar-refractivity contribution is -0.175. The SMILES string of the molecule is COC1CCC(NC(=O)C(C)OC2CCC3C(C2)C2CCNC4C5CCC(OC)C(OC)C5C(=O)N3C24)CC1OC. The van der Waals surface area contributed by atoms with Crippen LogP contribution in [0, 0.1) is 23.7 Å². The Labute approximate surface area is 244 Å². The average molecular weight is 578 g/mol. The standard InChI is InChI=1S/C31H51N3O7/c1-16(30(35)33-17-6-10-23(37-2)25(14-17)39-4)41-18-7-9-22-21(15-18)19-12-13-32-27-20-8-11-24(38-3)29(40-5)26(20)31(36)34(22)28(19)27/h16-29,32H,6-15H2,1-5H3,(H,33,35). The Morgan fingerprint density at radius 3 is 2.34 bits per heavy atom. The Hall–Kier alpha value is -1.30. The molecule has 2 amide bonds. The van der Waals surface area contributed by atoms with E-state index in [1.165, 1.54) is 0 Å². The molecule has 0 bridgehead atoms. The highest BCUT2D eigenvalue weighted by atomic mass is 16.5. The number of amides is 2. The van der Waals surface area contributed by atoms with Gasteiger partial charge in [-0.1, -0.05) is 0 Å². The Bertz CT molecular complexity index is 953. The van der Waals surface area contributed by atoms with Crippen LogP contribution in [-0.4, -0.2) is 112 Å². The Morgan fingerprint density at radius 2 is 1.61 bits per heavy atom. The van der Waals surface area contributed by atoms with E-state index in [-0.39, 0.29) is 72.3 Å². The molecule has 6 aliphatic rings. The molecule has 3 aliphatic heterocycles. The van der Waals surface area contributed by atoms with Crippen LogP contribution < -0.4 is 10.6 Å². The number of carbonyl (C=O) groups is 2. The Kier molecular flexibility index (Phi) is 8.97. The van der Waals surface area contributed by atoms with Gasteiger partial charge < -0.3 is 39.2 Å². The molecule has 2 N–H and O–H groups in total. The predicted octanol–water partition coefficient (Wildman–Crippen LogP) is 1.89. The van der Waals surface area contributed by atoms with E-state index in [0.717, 1.165) is 64.3 Å². The van der Waals surface area contributed by atoms with Gasteiger partial charge in [0.25, 0.3) is 0 Å². The lowest BCUT2D eigenvalue weighted by atomic mass is 9.64. The normalized spacial score (nSPS) is 46.3. The molecule has 0 radical (unpaired) electrons. The van der Waals surface area contributed by atoms with Gasteiger partial charge in [0.2, 0.25) is 11.8 Å². The summed E-state index contributed by atoms with van der Waals surface area (Å²) in [4.78, 5) is 29.7. The van der Waals surface area contributed by atoms with E-state index < -0.39 is 6.10 Å². The molecule has 0 spiro atoms. The highest BCUT2D eigenvalue weighted by molar-refractivity contribution is 5.83. The zero-order valence-corrected chi connectivity index (χ0v) is 25.5. The second-order valence-corrected chi connectivity index (χ2v) is 13.4. The minimum atomic E-state index is -0.514. The highest BCUT2D eigenvalue weighted by Crippen LogP contribution is 2.54. The van der Waals surface area contributed by atoms with Gasteiger partial charge in [0.1, 0.15) is 6.10 Å².